The number of benzene rings is 2. The summed E-state index contributed by atoms with van der Waals surface area (Å²) >= 11 is 5.92. The van der Waals surface area contributed by atoms with Crippen molar-refractivity contribution in [1.29, 1.82) is 0 Å². The molecule has 3 rings (SSSR count). The molecule has 2 amide bonds. The molecule has 1 aliphatic carbocycles. The first-order valence-electron chi connectivity index (χ1n) is 11.0. The quantitative estimate of drug-likeness (QED) is 0.459. The van der Waals surface area contributed by atoms with Crippen LogP contribution in [-0.4, -0.2) is 35.2 Å². The molecule has 0 aromatic heterocycles. The molecule has 0 unspecified atom stereocenters. The number of nitrogens with zero attached hydrogens (tertiary/aromatic N) is 1. The molecule has 6 heteroatoms. The molecular formula is C25H30ClFN2O2. The first-order chi connectivity index (χ1) is 15.1. The highest BCUT2D eigenvalue weighted by Crippen LogP contribution is 2.25. The van der Waals surface area contributed by atoms with Crippen LogP contribution in [0.2, 0.25) is 0 Å². The van der Waals surface area contributed by atoms with Gasteiger partial charge in [0.15, 0.2) is 0 Å². The minimum Gasteiger partial charge on any atom is -0.351 e. The van der Waals surface area contributed by atoms with Gasteiger partial charge in [-0.3, -0.25) is 9.59 Å². The molecule has 0 bridgehead atoms. The van der Waals surface area contributed by atoms with E-state index in [-0.39, 0.29) is 29.6 Å². The van der Waals surface area contributed by atoms with E-state index < -0.39 is 6.04 Å². The van der Waals surface area contributed by atoms with E-state index in [9.17, 15) is 14.0 Å². The summed E-state index contributed by atoms with van der Waals surface area (Å²) in [5.74, 6) is -1.15. The van der Waals surface area contributed by atoms with Crippen molar-refractivity contribution in [2.45, 2.75) is 57.0 Å². The van der Waals surface area contributed by atoms with Gasteiger partial charge in [0.1, 0.15) is 17.7 Å². The minimum absolute atomic E-state index is 0.0972. The Morgan fingerprint density at radius 2 is 1.65 bits per heavy atom. The predicted octanol–water partition coefficient (Wildman–Crippen LogP) is 5.02. The van der Waals surface area contributed by atoms with E-state index in [0.717, 1.165) is 31.2 Å². The Hall–Kier alpha value is -2.40. The zero-order valence-electron chi connectivity index (χ0n) is 17.7. The monoisotopic (exact) mass is 444 g/mol. The lowest BCUT2D eigenvalue weighted by Crippen LogP contribution is -2.47. The van der Waals surface area contributed by atoms with Crippen molar-refractivity contribution >= 4 is 23.4 Å². The van der Waals surface area contributed by atoms with Gasteiger partial charge >= 0.3 is 0 Å². The molecule has 166 valence electrons. The van der Waals surface area contributed by atoms with E-state index >= 15 is 0 Å². The van der Waals surface area contributed by atoms with Gasteiger partial charge < -0.3 is 10.2 Å². The number of rotatable bonds is 8. The lowest BCUT2D eigenvalue weighted by molar-refractivity contribution is -0.139. The summed E-state index contributed by atoms with van der Waals surface area (Å²) in [5, 5.41) is 3.16. The molecule has 0 spiro atoms. The van der Waals surface area contributed by atoms with Crippen LogP contribution in [-0.2, 0) is 16.0 Å². The average Bonchev–Trinajstić information content (AvgIpc) is 3.06. The summed E-state index contributed by atoms with van der Waals surface area (Å²) in [6.07, 6.45) is 7.01. The van der Waals surface area contributed by atoms with Gasteiger partial charge in [0.2, 0.25) is 11.8 Å². The normalized spacial score (nSPS) is 15.7. The van der Waals surface area contributed by atoms with E-state index in [1.165, 1.54) is 29.9 Å². The van der Waals surface area contributed by atoms with Crippen LogP contribution in [0.3, 0.4) is 0 Å². The Morgan fingerprint density at radius 1 is 1.00 bits per heavy atom. The Morgan fingerprint density at radius 3 is 2.26 bits per heavy atom. The maximum Gasteiger partial charge on any atom is 0.247 e. The van der Waals surface area contributed by atoms with Crippen LogP contribution in [0, 0.1) is 5.82 Å². The Kier molecular flexibility index (Phi) is 8.89. The van der Waals surface area contributed by atoms with Crippen LogP contribution in [0.1, 0.15) is 55.7 Å². The largest absolute Gasteiger partial charge is 0.351 e. The summed E-state index contributed by atoms with van der Waals surface area (Å²) in [6.45, 7) is 0.343. The van der Waals surface area contributed by atoms with Gasteiger partial charge in [-0.25, -0.2) is 4.39 Å². The smallest absolute Gasteiger partial charge is 0.247 e. The second-order valence-electron chi connectivity index (χ2n) is 8.11. The molecule has 1 atom stereocenters. The van der Waals surface area contributed by atoms with Gasteiger partial charge in [-0.1, -0.05) is 68.1 Å². The van der Waals surface area contributed by atoms with Gasteiger partial charge in [-0.05, 0) is 42.5 Å². The van der Waals surface area contributed by atoms with Crippen LogP contribution < -0.4 is 5.32 Å². The third-order valence-electron chi connectivity index (χ3n) is 5.87. The number of amides is 2. The molecule has 0 aliphatic heterocycles. The van der Waals surface area contributed by atoms with Crippen molar-refractivity contribution in [2.24, 2.45) is 0 Å². The molecule has 1 saturated carbocycles. The van der Waals surface area contributed by atoms with Crippen molar-refractivity contribution in [1.82, 2.24) is 10.2 Å². The van der Waals surface area contributed by atoms with E-state index in [2.05, 4.69) is 5.32 Å². The molecule has 2 aromatic rings. The van der Waals surface area contributed by atoms with Crippen LogP contribution in [0.25, 0.3) is 0 Å². The van der Waals surface area contributed by atoms with Crippen LogP contribution in [0.15, 0.2) is 54.6 Å². The van der Waals surface area contributed by atoms with Crippen molar-refractivity contribution < 1.29 is 14.0 Å². The molecule has 1 N–H and O–H groups in total. The lowest BCUT2D eigenvalue weighted by atomic mass is 10.0. The number of nitrogens with one attached hydrogen (secondary N) is 1. The number of alkyl halides is 1. The number of carbonyl (C=O) groups is 2. The van der Waals surface area contributed by atoms with Gasteiger partial charge in [0, 0.05) is 12.6 Å². The Labute approximate surface area is 188 Å². The maximum absolute atomic E-state index is 13.6. The third-order valence-corrected chi connectivity index (χ3v) is 6.09. The summed E-state index contributed by atoms with van der Waals surface area (Å²) in [5.41, 5.74) is 1.65. The first-order valence-corrected chi connectivity index (χ1v) is 11.6. The SMILES string of the molecule is O=C(NC1CCCCCC1)[C@@H](c1ccc(F)cc1)N(CCc1ccccc1)C(=O)CCl. The average molecular weight is 445 g/mol. The fraction of sp³-hybridized carbons (Fsp3) is 0.440. The standard InChI is InChI=1S/C25H30ClFN2O2/c26-18-23(30)29(17-16-19-8-4-3-5-9-19)24(20-12-14-21(27)15-13-20)25(31)28-22-10-6-1-2-7-11-22/h3-5,8-9,12-15,22,24H,1-2,6-7,10-11,16-18H2,(H,28,31)/t24-/m1/s1. The van der Waals surface area contributed by atoms with Gasteiger partial charge in [0.05, 0.1) is 0 Å². The van der Waals surface area contributed by atoms with Crippen molar-refractivity contribution in [3.05, 3.63) is 71.5 Å². The van der Waals surface area contributed by atoms with Crippen LogP contribution >= 0.6 is 11.6 Å². The van der Waals surface area contributed by atoms with Gasteiger partial charge in [-0.2, -0.15) is 0 Å². The summed E-state index contributed by atoms with van der Waals surface area (Å²) in [4.78, 5) is 27.8. The number of carbonyl (C=O) groups excluding carboxylic acids is 2. The number of hydrogen-bond donors (Lipinski definition) is 1. The second kappa shape index (κ2) is 11.8. The molecule has 31 heavy (non-hydrogen) atoms. The molecule has 1 fully saturated rings. The maximum atomic E-state index is 13.6. The fourth-order valence-corrected chi connectivity index (χ4v) is 4.34. The highest BCUT2D eigenvalue weighted by molar-refractivity contribution is 6.27. The zero-order chi connectivity index (χ0) is 22.1. The fourth-order valence-electron chi connectivity index (χ4n) is 4.19. The molecule has 0 radical (unpaired) electrons. The summed E-state index contributed by atoms with van der Waals surface area (Å²) < 4.78 is 13.6. The topological polar surface area (TPSA) is 49.4 Å². The van der Waals surface area contributed by atoms with Crippen molar-refractivity contribution in [2.75, 3.05) is 12.4 Å². The zero-order valence-corrected chi connectivity index (χ0v) is 18.5. The van der Waals surface area contributed by atoms with Crippen LogP contribution in [0.4, 0.5) is 4.39 Å². The predicted molar refractivity (Wildman–Crippen MR) is 121 cm³/mol. The summed E-state index contributed by atoms with van der Waals surface area (Å²) in [6, 6.07) is 14.8. The van der Waals surface area contributed by atoms with E-state index in [1.54, 1.807) is 12.1 Å². The number of halogens is 2. The van der Waals surface area contributed by atoms with E-state index in [1.807, 2.05) is 30.3 Å². The van der Waals surface area contributed by atoms with Crippen LogP contribution in [0.5, 0.6) is 0 Å². The molecule has 0 saturated heterocycles. The lowest BCUT2D eigenvalue weighted by Gasteiger charge is -2.32. The van der Waals surface area contributed by atoms with E-state index in [0.29, 0.717) is 18.5 Å². The molecule has 1 aliphatic rings. The highest BCUT2D eigenvalue weighted by atomic mass is 35.5. The van der Waals surface area contributed by atoms with Gasteiger partial charge in [-0.15, -0.1) is 11.6 Å². The molecule has 0 heterocycles. The third kappa shape index (κ3) is 6.79. The summed E-state index contributed by atoms with van der Waals surface area (Å²) in [7, 11) is 0. The first kappa shape index (κ1) is 23.3. The van der Waals surface area contributed by atoms with Gasteiger partial charge in [0.25, 0.3) is 0 Å². The van der Waals surface area contributed by atoms with E-state index in [4.69, 9.17) is 11.6 Å². The molecule has 2 aromatic carbocycles. The Bertz CT molecular complexity index is 836. The molecular weight excluding hydrogens is 415 g/mol. The second-order valence-corrected chi connectivity index (χ2v) is 8.37. The Balaban J connectivity index is 1.85. The highest BCUT2D eigenvalue weighted by Gasteiger charge is 2.32. The molecule has 4 nitrogen and oxygen atoms in total. The number of hydrogen-bond acceptors (Lipinski definition) is 2. The van der Waals surface area contributed by atoms with Crippen molar-refractivity contribution in [3.8, 4) is 0 Å². The van der Waals surface area contributed by atoms with Crippen molar-refractivity contribution in [3.63, 3.8) is 0 Å². The minimum atomic E-state index is -0.848.